The van der Waals surface area contributed by atoms with Crippen molar-refractivity contribution in [1.82, 2.24) is 10.3 Å². The SMILES string of the molecule is Nc1c(C(=O)c2ccc(Cl)cc2Cl)sc2nc(/C=C3/SC(=O)NC3=O)ccc12. The number of aromatic nitrogens is 1. The summed E-state index contributed by atoms with van der Waals surface area (Å²) in [6.45, 7) is 0. The molecule has 1 aromatic carbocycles. The van der Waals surface area contributed by atoms with Crippen LogP contribution in [0.2, 0.25) is 10.0 Å². The van der Waals surface area contributed by atoms with E-state index in [-0.39, 0.29) is 15.7 Å². The monoisotopic (exact) mass is 449 g/mol. The third-order valence-corrected chi connectivity index (χ3v) is 6.39. The van der Waals surface area contributed by atoms with E-state index in [0.29, 0.717) is 37.1 Å². The van der Waals surface area contributed by atoms with Crippen molar-refractivity contribution in [2.45, 2.75) is 0 Å². The molecule has 3 N–H and O–H groups in total. The largest absolute Gasteiger partial charge is 0.397 e. The Kier molecular flexibility index (Phi) is 4.88. The van der Waals surface area contributed by atoms with Gasteiger partial charge >= 0.3 is 0 Å². The minimum atomic E-state index is -0.462. The number of rotatable bonds is 3. The number of hydrogen-bond acceptors (Lipinski definition) is 7. The predicted octanol–water partition coefficient (Wildman–Crippen LogP) is 4.74. The summed E-state index contributed by atoms with van der Waals surface area (Å²) in [4.78, 5) is 41.4. The molecular formula is C18H9Cl2N3O3S2. The lowest BCUT2D eigenvalue weighted by Gasteiger charge is -2.03. The predicted molar refractivity (Wildman–Crippen MR) is 113 cm³/mol. The molecule has 0 atom stereocenters. The highest BCUT2D eigenvalue weighted by Crippen LogP contribution is 2.36. The number of carbonyl (C=O) groups excluding carboxylic acids is 3. The van der Waals surface area contributed by atoms with Crippen LogP contribution in [0, 0.1) is 0 Å². The number of thioether (sulfide) groups is 1. The van der Waals surface area contributed by atoms with Gasteiger partial charge in [-0.15, -0.1) is 11.3 Å². The number of nitrogens with one attached hydrogen (secondary N) is 1. The summed E-state index contributed by atoms with van der Waals surface area (Å²) in [5.74, 6) is -0.783. The molecule has 28 heavy (non-hydrogen) atoms. The minimum absolute atomic E-state index is 0.238. The number of carbonyl (C=O) groups is 3. The third-order valence-electron chi connectivity index (χ3n) is 3.92. The van der Waals surface area contributed by atoms with E-state index in [1.165, 1.54) is 12.1 Å². The van der Waals surface area contributed by atoms with Crippen LogP contribution >= 0.6 is 46.3 Å². The molecule has 0 spiro atoms. The Balaban J connectivity index is 1.74. The lowest BCUT2D eigenvalue weighted by molar-refractivity contribution is -0.115. The standard InChI is InChI=1S/C18H9Cl2N3O3S2/c19-7-1-3-9(11(20)5-7)14(24)15-13(21)10-4-2-8(22-17(10)28-15)6-12-16(25)23-18(26)27-12/h1-6H,21H2,(H,23,25,26)/b12-6+. The van der Waals surface area contributed by atoms with E-state index in [1.807, 2.05) is 0 Å². The molecule has 3 heterocycles. The van der Waals surface area contributed by atoms with Crippen LogP contribution in [-0.4, -0.2) is 21.9 Å². The van der Waals surface area contributed by atoms with Crippen molar-refractivity contribution in [3.05, 3.63) is 61.4 Å². The van der Waals surface area contributed by atoms with Gasteiger partial charge in [0.05, 0.1) is 21.3 Å². The van der Waals surface area contributed by atoms with Crippen LogP contribution in [-0.2, 0) is 4.79 Å². The van der Waals surface area contributed by atoms with Crippen LogP contribution < -0.4 is 11.1 Å². The number of anilines is 1. The molecule has 6 nitrogen and oxygen atoms in total. The number of ketones is 1. The summed E-state index contributed by atoms with van der Waals surface area (Å²) in [5.41, 5.74) is 7.25. The quantitative estimate of drug-likeness (QED) is 0.442. The summed E-state index contributed by atoms with van der Waals surface area (Å²) < 4.78 is 0. The summed E-state index contributed by atoms with van der Waals surface area (Å²) >= 11 is 14.0. The van der Waals surface area contributed by atoms with E-state index in [2.05, 4.69) is 10.3 Å². The van der Waals surface area contributed by atoms with Gasteiger partial charge in [0.15, 0.2) is 0 Å². The topological polar surface area (TPSA) is 102 Å². The zero-order chi connectivity index (χ0) is 20.0. The van der Waals surface area contributed by atoms with Crippen molar-refractivity contribution in [3.63, 3.8) is 0 Å². The Morgan fingerprint density at radius 3 is 2.64 bits per heavy atom. The van der Waals surface area contributed by atoms with Gasteiger partial charge in [-0.2, -0.15) is 0 Å². The van der Waals surface area contributed by atoms with Crippen LogP contribution in [0.3, 0.4) is 0 Å². The van der Waals surface area contributed by atoms with Crippen molar-refractivity contribution < 1.29 is 14.4 Å². The third kappa shape index (κ3) is 3.40. The Morgan fingerprint density at radius 1 is 1.18 bits per heavy atom. The van der Waals surface area contributed by atoms with Gasteiger partial charge in [0.1, 0.15) is 9.71 Å². The molecule has 140 valence electrons. The van der Waals surface area contributed by atoms with E-state index >= 15 is 0 Å². The van der Waals surface area contributed by atoms with Gasteiger partial charge in [-0.05, 0) is 48.2 Å². The second-order valence-corrected chi connectivity index (χ2v) is 8.60. The molecule has 0 aliphatic carbocycles. The Morgan fingerprint density at radius 2 is 1.96 bits per heavy atom. The smallest absolute Gasteiger partial charge is 0.290 e. The molecule has 0 saturated carbocycles. The molecule has 0 radical (unpaired) electrons. The van der Waals surface area contributed by atoms with E-state index in [9.17, 15) is 14.4 Å². The zero-order valence-corrected chi connectivity index (χ0v) is 16.9. The Hall–Kier alpha value is -2.39. The fourth-order valence-electron chi connectivity index (χ4n) is 2.61. The first kappa shape index (κ1) is 18.9. The maximum Gasteiger partial charge on any atom is 0.290 e. The summed E-state index contributed by atoms with van der Waals surface area (Å²) in [6.07, 6.45) is 1.51. The first-order chi connectivity index (χ1) is 13.3. The number of benzene rings is 1. The number of hydrogen-bond donors (Lipinski definition) is 2. The Labute approximate surface area is 176 Å². The number of imide groups is 1. The number of halogens is 2. The molecule has 10 heteroatoms. The molecule has 3 aromatic rings. The lowest BCUT2D eigenvalue weighted by atomic mass is 10.1. The normalized spacial score (nSPS) is 15.4. The van der Waals surface area contributed by atoms with Crippen molar-refractivity contribution in [1.29, 1.82) is 0 Å². The maximum absolute atomic E-state index is 12.9. The van der Waals surface area contributed by atoms with E-state index in [4.69, 9.17) is 28.9 Å². The molecule has 0 unspecified atom stereocenters. The molecule has 0 bridgehead atoms. The van der Waals surface area contributed by atoms with Gasteiger partial charge in [-0.25, -0.2) is 4.98 Å². The number of pyridine rings is 1. The van der Waals surface area contributed by atoms with Crippen LogP contribution in [0.25, 0.3) is 16.3 Å². The summed E-state index contributed by atoms with van der Waals surface area (Å²) in [7, 11) is 0. The van der Waals surface area contributed by atoms with Crippen molar-refractivity contribution in [2.75, 3.05) is 5.73 Å². The summed E-state index contributed by atoms with van der Waals surface area (Å²) in [5, 5.41) is 3.05. The van der Waals surface area contributed by atoms with Crippen molar-refractivity contribution in [2.24, 2.45) is 0 Å². The molecule has 1 aliphatic heterocycles. The molecular weight excluding hydrogens is 441 g/mol. The molecule has 2 amide bonds. The van der Waals surface area contributed by atoms with Crippen molar-refractivity contribution in [3.8, 4) is 0 Å². The molecule has 2 aromatic heterocycles. The minimum Gasteiger partial charge on any atom is -0.397 e. The van der Waals surface area contributed by atoms with Gasteiger partial charge in [0, 0.05) is 16.0 Å². The highest BCUT2D eigenvalue weighted by molar-refractivity contribution is 8.18. The number of thiophene rings is 1. The summed E-state index contributed by atoms with van der Waals surface area (Å²) in [6, 6.07) is 8.01. The van der Waals surface area contributed by atoms with Gasteiger partial charge in [-0.3, -0.25) is 19.7 Å². The molecule has 4 rings (SSSR count). The number of nitrogens with two attached hydrogens (primary N) is 1. The van der Waals surface area contributed by atoms with Gasteiger partial charge < -0.3 is 5.73 Å². The van der Waals surface area contributed by atoms with Crippen LogP contribution in [0.1, 0.15) is 20.9 Å². The highest BCUT2D eigenvalue weighted by Gasteiger charge is 2.25. The average molecular weight is 450 g/mol. The number of nitrogen functional groups attached to an aromatic ring is 1. The second-order valence-electron chi connectivity index (χ2n) is 5.74. The fourth-order valence-corrected chi connectivity index (χ4v) is 4.83. The second kappa shape index (κ2) is 7.21. The first-order valence-electron chi connectivity index (χ1n) is 7.77. The Bertz CT molecular complexity index is 1220. The van der Waals surface area contributed by atoms with Crippen molar-refractivity contribution >= 4 is 85.2 Å². The maximum atomic E-state index is 12.9. The van der Waals surface area contributed by atoms with Gasteiger partial charge in [0.25, 0.3) is 11.1 Å². The molecule has 1 aliphatic rings. The molecule has 1 fully saturated rings. The highest BCUT2D eigenvalue weighted by atomic mass is 35.5. The number of nitrogens with zero attached hydrogens (tertiary/aromatic N) is 1. The first-order valence-corrected chi connectivity index (χ1v) is 10.2. The van der Waals surface area contributed by atoms with E-state index in [1.54, 1.807) is 24.3 Å². The van der Waals surface area contributed by atoms with Gasteiger partial charge in [-0.1, -0.05) is 23.2 Å². The number of fused-ring (bicyclic) bond motifs is 1. The van der Waals surface area contributed by atoms with E-state index in [0.717, 1.165) is 23.1 Å². The zero-order valence-electron chi connectivity index (χ0n) is 13.8. The fraction of sp³-hybridized carbons (Fsp3) is 0. The van der Waals surface area contributed by atoms with Gasteiger partial charge in [0.2, 0.25) is 5.78 Å². The van der Waals surface area contributed by atoms with Crippen LogP contribution in [0.5, 0.6) is 0 Å². The van der Waals surface area contributed by atoms with Crippen LogP contribution in [0.15, 0.2) is 35.2 Å². The molecule has 1 saturated heterocycles. The average Bonchev–Trinajstić information content (AvgIpc) is 3.13. The number of amides is 2. The lowest BCUT2D eigenvalue weighted by Crippen LogP contribution is -2.17. The van der Waals surface area contributed by atoms with E-state index < -0.39 is 11.1 Å². The van der Waals surface area contributed by atoms with Crippen LogP contribution in [0.4, 0.5) is 10.5 Å².